The molecule has 0 spiro atoms. The Morgan fingerprint density at radius 1 is 0.941 bits per heavy atom. The van der Waals surface area contributed by atoms with Gasteiger partial charge in [0.05, 0.1) is 18.8 Å². The number of methoxy groups -OCH3 is 1. The Bertz CT molecular complexity index is 1730. The number of carbonyl (C=O) groups excluding carboxylic acids is 2. The summed E-state index contributed by atoms with van der Waals surface area (Å²) in [5, 5.41) is 4.64. The lowest BCUT2D eigenvalue weighted by molar-refractivity contribution is -0.124. The highest BCUT2D eigenvalue weighted by Crippen LogP contribution is 2.58. The van der Waals surface area contributed by atoms with E-state index in [9.17, 15) is 9.59 Å². The molecule has 8 rings (SSSR count). The van der Waals surface area contributed by atoms with E-state index in [-0.39, 0.29) is 45.8 Å². The van der Waals surface area contributed by atoms with Crippen molar-refractivity contribution in [3.8, 4) is 16.9 Å². The topological polar surface area (TPSA) is 89.8 Å². The van der Waals surface area contributed by atoms with E-state index in [2.05, 4.69) is 77.1 Å². The fourth-order valence-corrected chi connectivity index (χ4v) is 9.31. The molecule has 3 aromatic rings. The van der Waals surface area contributed by atoms with E-state index >= 15 is 0 Å². The average Bonchev–Trinajstić information content (AvgIpc) is 3.62. The first-order valence-electron chi connectivity index (χ1n) is 19.1. The molecule has 0 N–H and O–H groups in total. The monoisotopic (exact) mass is 695 g/mol. The SMILES string of the molecule is COc1ccc(C23CCC(CN(C(=O)C4CCC(OC(=O)N5CC(C)(C)C5)CC4)c4cc(-c5cnn(C(C)(C)C)c5)ccn4)(CC2)CC3)cc1C. The number of pyridine rings is 1. The maximum Gasteiger partial charge on any atom is 0.410 e. The van der Waals surface area contributed by atoms with Crippen molar-refractivity contribution in [2.75, 3.05) is 31.6 Å². The number of rotatable bonds is 8. The van der Waals surface area contributed by atoms with Crippen molar-refractivity contribution in [3.05, 3.63) is 60.0 Å². The van der Waals surface area contributed by atoms with Crippen LogP contribution in [-0.2, 0) is 20.5 Å². The Labute approximate surface area is 304 Å². The molecular formula is C42H57N5O4. The van der Waals surface area contributed by atoms with Gasteiger partial charge in [-0.2, -0.15) is 5.10 Å². The zero-order chi connectivity index (χ0) is 36.2. The average molecular weight is 696 g/mol. The number of hydrogen-bond acceptors (Lipinski definition) is 6. The highest BCUT2D eigenvalue weighted by atomic mass is 16.6. The van der Waals surface area contributed by atoms with Crippen molar-refractivity contribution in [2.45, 2.75) is 123 Å². The second-order valence-electron chi connectivity index (χ2n) is 18.0. The lowest BCUT2D eigenvalue weighted by Crippen LogP contribution is -2.56. The lowest BCUT2D eigenvalue weighted by atomic mass is 9.51. The van der Waals surface area contributed by atoms with Gasteiger partial charge < -0.3 is 14.4 Å². The van der Waals surface area contributed by atoms with Crippen LogP contribution in [0.5, 0.6) is 5.75 Å². The second-order valence-corrected chi connectivity index (χ2v) is 18.0. The van der Waals surface area contributed by atoms with Crippen LogP contribution in [0.2, 0.25) is 0 Å². The highest BCUT2D eigenvalue weighted by molar-refractivity contribution is 5.95. The maximum absolute atomic E-state index is 14.7. The second kappa shape index (κ2) is 13.3. The van der Waals surface area contributed by atoms with Gasteiger partial charge in [0.25, 0.3) is 0 Å². The zero-order valence-corrected chi connectivity index (χ0v) is 31.8. The molecule has 0 radical (unpaired) electrons. The van der Waals surface area contributed by atoms with E-state index in [1.54, 1.807) is 12.0 Å². The minimum atomic E-state index is -0.212. The number of hydrogen-bond donors (Lipinski definition) is 0. The molecule has 1 saturated heterocycles. The first-order valence-corrected chi connectivity index (χ1v) is 19.1. The molecule has 2 aromatic heterocycles. The summed E-state index contributed by atoms with van der Waals surface area (Å²) in [4.78, 5) is 36.2. The number of aromatic nitrogens is 3. The molecule has 4 saturated carbocycles. The first kappa shape index (κ1) is 35.5. The van der Waals surface area contributed by atoms with Crippen LogP contribution >= 0.6 is 0 Å². The molecule has 0 unspecified atom stereocenters. The number of aryl methyl sites for hydroxylation is 1. The van der Waals surface area contributed by atoms with Gasteiger partial charge in [0, 0.05) is 48.9 Å². The Morgan fingerprint density at radius 3 is 2.22 bits per heavy atom. The fourth-order valence-electron chi connectivity index (χ4n) is 9.31. The van der Waals surface area contributed by atoms with Crippen LogP contribution in [0.15, 0.2) is 48.9 Å². The van der Waals surface area contributed by atoms with Gasteiger partial charge >= 0.3 is 6.09 Å². The van der Waals surface area contributed by atoms with E-state index in [4.69, 9.17) is 14.5 Å². The Balaban J connectivity index is 1.10. The summed E-state index contributed by atoms with van der Waals surface area (Å²) in [7, 11) is 1.74. The van der Waals surface area contributed by atoms with E-state index in [0.29, 0.717) is 32.2 Å². The Hall–Kier alpha value is -3.88. The summed E-state index contributed by atoms with van der Waals surface area (Å²) in [6.45, 7) is 15.0. The standard InChI is InChI=1S/C42H57N5O4/c1-29-22-33(10-13-35(29)50-7)42-18-15-41(16-19-42,17-20-42)28-46(36-23-31(14-21-43-36)32-24-44-47(25-32)39(2,3)4)37(48)30-8-11-34(12-9-30)51-38(49)45-26-40(5,6)27-45/h10,13-14,21-25,30,34H,8-9,11-12,15-20,26-28H2,1-7H3. The smallest absolute Gasteiger partial charge is 0.410 e. The van der Waals surface area contributed by atoms with Gasteiger partial charge in [-0.1, -0.05) is 26.0 Å². The van der Waals surface area contributed by atoms with Gasteiger partial charge in [0.15, 0.2) is 0 Å². The van der Waals surface area contributed by atoms with Crippen molar-refractivity contribution in [1.29, 1.82) is 0 Å². The molecule has 51 heavy (non-hydrogen) atoms. The fraction of sp³-hybridized carbons (Fsp3) is 0.619. The number of ether oxygens (including phenoxy) is 2. The minimum absolute atomic E-state index is 0.0610. The van der Waals surface area contributed by atoms with Gasteiger partial charge in [0.2, 0.25) is 5.91 Å². The van der Waals surface area contributed by atoms with Crippen molar-refractivity contribution in [3.63, 3.8) is 0 Å². The number of likely N-dealkylation sites (tertiary alicyclic amines) is 1. The van der Waals surface area contributed by atoms with Crippen LogP contribution in [0.25, 0.3) is 11.1 Å². The largest absolute Gasteiger partial charge is 0.496 e. The Kier molecular flexibility index (Phi) is 9.24. The third-order valence-electron chi connectivity index (χ3n) is 12.6. The highest BCUT2D eigenvalue weighted by Gasteiger charge is 2.51. The van der Waals surface area contributed by atoms with E-state index in [0.717, 1.165) is 74.3 Å². The molecule has 9 heteroatoms. The predicted octanol–water partition coefficient (Wildman–Crippen LogP) is 8.68. The third kappa shape index (κ3) is 7.14. The zero-order valence-electron chi connectivity index (χ0n) is 31.8. The maximum atomic E-state index is 14.7. The van der Waals surface area contributed by atoms with Crippen LogP contribution in [0.3, 0.4) is 0 Å². The molecule has 3 heterocycles. The number of anilines is 1. The van der Waals surface area contributed by atoms with Crippen LogP contribution in [0.1, 0.15) is 110 Å². The molecule has 0 atom stereocenters. The van der Waals surface area contributed by atoms with Crippen molar-refractivity contribution >= 4 is 17.8 Å². The lowest BCUT2D eigenvalue weighted by Gasteiger charge is -2.55. The van der Waals surface area contributed by atoms with Gasteiger partial charge in [-0.15, -0.1) is 0 Å². The molecular weight excluding hydrogens is 638 g/mol. The summed E-state index contributed by atoms with van der Waals surface area (Å²) < 4.78 is 13.5. The van der Waals surface area contributed by atoms with Gasteiger partial charge in [-0.3, -0.25) is 14.4 Å². The summed E-state index contributed by atoms with van der Waals surface area (Å²) >= 11 is 0. The number of benzene rings is 1. The third-order valence-corrected chi connectivity index (χ3v) is 12.6. The van der Waals surface area contributed by atoms with E-state index < -0.39 is 0 Å². The molecule has 5 aliphatic rings. The molecule has 5 fully saturated rings. The Morgan fingerprint density at radius 2 is 1.63 bits per heavy atom. The first-order chi connectivity index (χ1) is 24.2. The van der Waals surface area contributed by atoms with E-state index in [1.807, 2.05) is 28.0 Å². The molecule has 4 aliphatic carbocycles. The van der Waals surface area contributed by atoms with Crippen molar-refractivity contribution in [2.24, 2.45) is 16.7 Å². The number of carbonyl (C=O) groups is 2. The summed E-state index contributed by atoms with van der Waals surface area (Å²) in [6.07, 6.45) is 15.0. The van der Waals surface area contributed by atoms with Gasteiger partial charge in [0.1, 0.15) is 17.7 Å². The molecule has 1 aromatic carbocycles. The van der Waals surface area contributed by atoms with Gasteiger partial charge in [-0.25, -0.2) is 9.78 Å². The minimum Gasteiger partial charge on any atom is -0.496 e. The van der Waals surface area contributed by atoms with Crippen molar-refractivity contribution < 1.29 is 19.1 Å². The molecule has 9 nitrogen and oxygen atoms in total. The summed E-state index contributed by atoms with van der Waals surface area (Å²) in [5.74, 6) is 1.69. The quantitative estimate of drug-likeness (QED) is 0.234. The van der Waals surface area contributed by atoms with Crippen molar-refractivity contribution in [1.82, 2.24) is 19.7 Å². The predicted molar refractivity (Wildman–Crippen MR) is 200 cm³/mol. The van der Waals surface area contributed by atoms with Gasteiger partial charge in [-0.05, 0) is 138 Å². The summed E-state index contributed by atoms with van der Waals surface area (Å²) in [5.41, 5.74) is 4.94. The van der Waals surface area contributed by atoms with Crippen LogP contribution in [-0.4, -0.2) is 64.5 Å². The number of amides is 2. The number of fused-ring (bicyclic) bond motifs is 3. The molecule has 2 amide bonds. The van der Waals surface area contributed by atoms with Crippen LogP contribution in [0.4, 0.5) is 10.6 Å². The normalized spacial score (nSPS) is 27.1. The van der Waals surface area contributed by atoms with E-state index in [1.165, 1.54) is 11.1 Å². The van der Waals surface area contributed by atoms with Crippen LogP contribution in [0, 0.1) is 23.7 Å². The number of nitrogens with zero attached hydrogens (tertiary/aromatic N) is 5. The molecule has 1 aliphatic heterocycles. The molecule has 2 bridgehead atoms. The molecule has 274 valence electrons. The summed E-state index contributed by atoms with van der Waals surface area (Å²) in [6, 6.07) is 10.8. The van der Waals surface area contributed by atoms with Crippen LogP contribution < -0.4 is 9.64 Å².